The van der Waals surface area contributed by atoms with Crippen LogP contribution in [0.2, 0.25) is 0 Å². The van der Waals surface area contributed by atoms with Crippen molar-refractivity contribution in [3.63, 3.8) is 0 Å². The van der Waals surface area contributed by atoms with Crippen LogP contribution in [0.25, 0.3) is 10.9 Å². The molecule has 0 radical (unpaired) electrons. The maximum Gasteiger partial charge on any atom is 0.139 e. The molecule has 0 saturated heterocycles. The topological polar surface area (TPSA) is 45.2 Å². The first-order valence-corrected chi connectivity index (χ1v) is 6.73. The van der Waals surface area contributed by atoms with E-state index in [1.54, 1.807) is 36.4 Å². The summed E-state index contributed by atoms with van der Waals surface area (Å²) in [6.45, 7) is 0. The van der Waals surface area contributed by atoms with E-state index in [1.807, 2.05) is 6.07 Å². The van der Waals surface area contributed by atoms with Crippen LogP contribution in [0.5, 0.6) is 5.75 Å². The van der Waals surface area contributed by atoms with Crippen molar-refractivity contribution >= 4 is 38.3 Å². The lowest BCUT2D eigenvalue weighted by Crippen LogP contribution is -1.94. The molecule has 1 heterocycles. The number of pyridine rings is 1. The largest absolute Gasteiger partial charge is 0.507 e. The number of phenolic OH excluding ortho intramolecular Hbond substituents is 1. The molecule has 100 valence electrons. The first-order valence-electron chi connectivity index (χ1n) is 5.94. The Kier molecular flexibility index (Phi) is 3.28. The lowest BCUT2D eigenvalue weighted by molar-refractivity contribution is 0.481. The average molecular weight is 333 g/mol. The molecule has 3 aromatic rings. The van der Waals surface area contributed by atoms with Crippen molar-refractivity contribution in [3.05, 3.63) is 58.8 Å². The number of hydrogen-bond donors (Lipinski definition) is 2. The van der Waals surface area contributed by atoms with E-state index in [9.17, 15) is 9.50 Å². The maximum atomic E-state index is 13.4. The summed E-state index contributed by atoms with van der Waals surface area (Å²) in [7, 11) is 0. The molecule has 0 aliphatic carbocycles. The quantitative estimate of drug-likeness (QED) is 0.721. The number of aromatic hydroxyl groups is 1. The van der Waals surface area contributed by atoms with E-state index in [0.717, 1.165) is 0 Å². The molecule has 0 unspecified atom stereocenters. The van der Waals surface area contributed by atoms with Gasteiger partial charge in [-0.15, -0.1) is 0 Å². The fourth-order valence-corrected chi connectivity index (χ4v) is 2.18. The first-order chi connectivity index (χ1) is 9.63. The Bertz CT molecular complexity index is 792. The van der Waals surface area contributed by atoms with Crippen molar-refractivity contribution in [2.75, 3.05) is 5.32 Å². The van der Waals surface area contributed by atoms with Crippen LogP contribution in [0, 0.1) is 5.82 Å². The lowest BCUT2D eigenvalue weighted by Gasteiger charge is -2.08. The fourth-order valence-electron chi connectivity index (χ4n) is 1.93. The standard InChI is InChI=1S/C15H10BrFN2O/c16-11-6-4-9(8-12(11)17)18-15-7-5-10-13(19-15)2-1-3-14(10)20/h1-8,20H,(H,18,19). The van der Waals surface area contributed by atoms with Gasteiger partial charge in [0.25, 0.3) is 0 Å². The van der Waals surface area contributed by atoms with Crippen LogP contribution < -0.4 is 5.32 Å². The van der Waals surface area contributed by atoms with Gasteiger partial charge in [-0.2, -0.15) is 0 Å². The highest BCUT2D eigenvalue weighted by Crippen LogP contribution is 2.26. The minimum absolute atomic E-state index is 0.191. The molecule has 0 bridgehead atoms. The fraction of sp³-hybridized carbons (Fsp3) is 0. The summed E-state index contributed by atoms with van der Waals surface area (Å²) in [4.78, 5) is 4.38. The van der Waals surface area contributed by atoms with Gasteiger partial charge in [0, 0.05) is 11.1 Å². The number of fused-ring (bicyclic) bond motifs is 1. The van der Waals surface area contributed by atoms with Crippen molar-refractivity contribution in [1.82, 2.24) is 4.98 Å². The minimum atomic E-state index is -0.339. The number of phenols is 1. The van der Waals surface area contributed by atoms with Gasteiger partial charge < -0.3 is 10.4 Å². The Hall–Kier alpha value is -2.14. The third-order valence-corrected chi connectivity index (χ3v) is 3.54. The van der Waals surface area contributed by atoms with Gasteiger partial charge in [-0.25, -0.2) is 9.37 Å². The smallest absolute Gasteiger partial charge is 0.139 e. The lowest BCUT2D eigenvalue weighted by atomic mass is 10.2. The highest BCUT2D eigenvalue weighted by Gasteiger charge is 2.04. The van der Waals surface area contributed by atoms with E-state index >= 15 is 0 Å². The molecule has 0 atom stereocenters. The van der Waals surface area contributed by atoms with Gasteiger partial charge in [0.2, 0.25) is 0 Å². The molecule has 0 saturated carbocycles. The van der Waals surface area contributed by atoms with Crippen LogP contribution in [0.3, 0.4) is 0 Å². The molecule has 0 spiro atoms. The van der Waals surface area contributed by atoms with E-state index in [4.69, 9.17) is 0 Å². The molecular weight excluding hydrogens is 323 g/mol. The van der Waals surface area contributed by atoms with Gasteiger partial charge in [0.15, 0.2) is 0 Å². The van der Waals surface area contributed by atoms with Crippen LogP contribution in [-0.4, -0.2) is 10.1 Å². The summed E-state index contributed by atoms with van der Waals surface area (Å²) >= 11 is 3.11. The SMILES string of the molecule is Oc1cccc2nc(Nc3ccc(Br)c(F)c3)ccc12. The van der Waals surface area contributed by atoms with E-state index < -0.39 is 0 Å². The number of hydrogen-bond acceptors (Lipinski definition) is 3. The number of nitrogens with one attached hydrogen (secondary N) is 1. The Labute approximate surface area is 123 Å². The van der Waals surface area contributed by atoms with E-state index in [2.05, 4.69) is 26.2 Å². The van der Waals surface area contributed by atoms with Crippen molar-refractivity contribution in [2.45, 2.75) is 0 Å². The van der Waals surface area contributed by atoms with E-state index in [-0.39, 0.29) is 11.6 Å². The second-order valence-electron chi connectivity index (χ2n) is 4.29. The number of nitrogens with zero attached hydrogens (tertiary/aromatic N) is 1. The van der Waals surface area contributed by atoms with Crippen LogP contribution in [0.4, 0.5) is 15.9 Å². The first kappa shape index (κ1) is 12.9. The van der Waals surface area contributed by atoms with Crippen LogP contribution in [0.15, 0.2) is 53.0 Å². The highest BCUT2D eigenvalue weighted by molar-refractivity contribution is 9.10. The average Bonchev–Trinajstić information content (AvgIpc) is 2.43. The predicted molar refractivity (Wildman–Crippen MR) is 80.8 cm³/mol. The Morgan fingerprint density at radius 3 is 2.75 bits per heavy atom. The molecule has 0 fully saturated rings. The van der Waals surface area contributed by atoms with E-state index in [1.165, 1.54) is 6.07 Å². The zero-order valence-electron chi connectivity index (χ0n) is 10.3. The maximum absolute atomic E-state index is 13.4. The monoisotopic (exact) mass is 332 g/mol. The summed E-state index contributed by atoms with van der Waals surface area (Å²) in [5.41, 5.74) is 1.28. The Morgan fingerprint density at radius 1 is 1.10 bits per heavy atom. The third-order valence-electron chi connectivity index (χ3n) is 2.90. The Balaban J connectivity index is 1.96. The number of benzene rings is 2. The number of rotatable bonds is 2. The van der Waals surface area contributed by atoms with Gasteiger partial charge in [0.1, 0.15) is 17.4 Å². The summed E-state index contributed by atoms with van der Waals surface area (Å²) in [5, 5.41) is 13.4. The van der Waals surface area contributed by atoms with Crippen molar-refractivity contribution < 1.29 is 9.50 Å². The van der Waals surface area contributed by atoms with Gasteiger partial charge >= 0.3 is 0 Å². The molecule has 2 aromatic carbocycles. The zero-order valence-corrected chi connectivity index (χ0v) is 11.9. The van der Waals surface area contributed by atoms with Crippen molar-refractivity contribution in [1.29, 1.82) is 0 Å². The predicted octanol–water partition coefficient (Wildman–Crippen LogP) is 4.59. The molecule has 3 rings (SSSR count). The molecule has 5 heteroatoms. The van der Waals surface area contributed by atoms with Crippen LogP contribution in [-0.2, 0) is 0 Å². The molecule has 0 amide bonds. The molecule has 1 aromatic heterocycles. The molecule has 0 aliphatic rings. The molecule has 3 nitrogen and oxygen atoms in total. The molecule has 2 N–H and O–H groups in total. The van der Waals surface area contributed by atoms with Crippen LogP contribution >= 0.6 is 15.9 Å². The van der Waals surface area contributed by atoms with Crippen molar-refractivity contribution in [2.24, 2.45) is 0 Å². The van der Waals surface area contributed by atoms with Gasteiger partial charge in [-0.3, -0.25) is 0 Å². The number of aromatic nitrogens is 1. The Morgan fingerprint density at radius 2 is 1.95 bits per heavy atom. The normalized spacial score (nSPS) is 10.7. The van der Waals surface area contributed by atoms with E-state index in [0.29, 0.717) is 26.9 Å². The molecule has 20 heavy (non-hydrogen) atoms. The number of halogens is 2. The summed E-state index contributed by atoms with van der Waals surface area (Å²) < 4.78 is 13.9. The summed E-state index contributed by atoms with van der Waals surface area (Å²) in [6, 6.07) is 13.4. The van der Waals surface area contributed by atoms with Gasteiger partial charge in [-0.1, -0.05) is 6.07 Å². The number of anilines is 2. The molecular formula is C15H10BrFN2O. The van der Waals surface area contributed by atoms with Gasteiger partial charge in [0.05, 0.1) is 9.99 Å². The van der Waals surface area contributed by atoms with Crippen molar-refractivity contribution in [3.8, 4) is 5.75 Å². The summed E-state index contributed by atoms with van der Waals surface area (Å²) in [5.74, 6) is 0.439. The zero-order chi connectivity index (χ0) is 14.1. The highest BCUT2D eigenvalue weighted by atomic mass is 79.9. The second-order valence-corrected chi connectivity index (χ2v) is 5.15. The summed E-state index contributed by atoms with van der Waals surface area (Å²) in [6.07, 6.45) is 0. The third kappa shape index (κ3) is 2.44. The second kappa shape index (κ2) is 5.09. The van der Waals surface area contributed by atoms with Gasteiger partial charge in [-0.05, 0) is 58.4 Å². The van der Waals surface area contributed by atoms with Crippen LogP contribution in [0.1, 0.15) is 0 Å². The molecule has 0 aliphatic heterocycles. The minimum Gasteiger partial charge on any atom is -0.507 e.